The van der Waals surface area contributed by atoms with Crippen LogP contribution >= 0.6 is 0 Å². The van der Waals surface area contributed by atoms with Crippen LogP contribution in [0, 0.1) is 24.0 Å². The number of likely N-dealkylation sites (tertiary alicyclic amines) is 1. The first kappa shape index (κ1) is 30.7. The number of carbonyl (C=O) groups is 1. The van der Waals surface area contributed by atoms with Gasteiger partial charge in [0.25, 0.3) is 0 Å². The number of carbonyl (C=O) groups excluding carboxylic acids is 1. The number of amides is 1. The first-order valence-electron chi connectivity index (χ1n) is 16.2. The number of rotatable bonds is 6. The summed E-state index contributed by atoms with van der Waals surface area (Å²) >= 11 is 0. The van der Waals surface area contributed by atoms with Crippen molar-refractivity contribution < 1.29 is 32.9 Å². The van der Waals surface area contributed by atoms with Gasteiger partial charge in [-0.1, -0.05) is 12.0 Å². The van der Waals surface area contributed by atoms with E-state index in [0.29, 0.717) is 42.6 Å². The number of piperazine rings is 1. The van der Waals surface area contributed by atoms with Crippen molar-refractivity contribution in [3.63, 3.8) is 0 Å². The standard InChI is InChI=1S/C35H33F3N6O4/c1-2-24-27(37)7-4-19-10-23(46)11-25(29(19)24)31-30(38)32-26(13-39-31)33(44-21-5-6-22(44)16-42(15-21)28(47)17-45)41-34(40-32)48-18-35-8-3-9-43(35)14-20(36)12-35/h1,4,7,10-11,13,20-22,45-46H,3,5-6,8-9,12,14-18H2/t20-,21?,22?,35+/m1/s1. The van der Waals surface area contributed by atoms with Crippen LogP contribution in [0.1, 0.15) is 37.7 Å². The molecule has 6 heterocycles. The van der Waals surface area contributed by atoms with Gasteiger partial charge in [-0.2, -0.15) is 9.97 Å². The zero-order valence-corrected chi connectivity index (χ0v) is 26.0. The molecule has 0 saturated carbocycles. The van der Waals surface area contributed by atoms with Crippen LogP contribution in [0.5, 0.6) is 11.8 Å². The molecule has 0 spiro atoms. The second-order valence-corrected chi connectivity index (χ2v) is 13.3. The highest BCUT2D eigenvalue weighted by Gasteiger charge is 2.49. The molecule has 48 heavy (non-hydrogen) atoms. The van der Waals surface area contributed by atoms with Crippen LogP contribution in [0.3, 0.4) is 0 Å². The smallest absolute Gasteiger partial charge is 0.319 e. The molecule has 1 amide bonds. The third-order valence-corrected chi connectivity index (χ3v) is 10.5. The monoisotopic (exact) mass is 658 g/mol. The number of hydrogen-bond acceptors (Lipinski definition) is 9. The van der Waals surface area contributed by atoms with Gasteiger partial charge in [-0.15, -0.1) is 6.42 Å². The number of aromatic nitrogens is 3. The Morgan fingerprint density at radius 3 is 2.69 bits per heavy atom. The fourth-order valence-electron chi connectivity index (χ4n) is 8.42. The maximum Gasteiger partial charge on any atom is 0.319 e. The number of aliphatic hydroxyl groups excluding tert-OH is 1. The van der Waals surface area contributed by atoms with Gasteiger partial charge in [0, 0.05) is 55.3 Å². The van der Waals surface area contributed by atoms with Crippen molar-refractivity contribution in [2.24, 2.45) is 0 Å². The summed E-state index contributed by atoms with van der Waals surface area (Å²) in [7, 11) is 0. The Bertz CT molecular complexity index is 2010. The summed E-state index contributed by atoms with van der Waals surface area (Å²) in [6, 6.07) is 4.95. The van der Waals surface area contributed by atoms with Crippen molar-refractivity contribution in [3.8, 4) is 35.4 Å². The number of pyridine rings is 1. The van der Waals surface area contributed by atoms with E-state index in [4.69, 9.17) is 16.1 Å². The molecule has 4 atom stereocenters. The number of aromatic hydroxyl groups is 1. The number of benzene rings is 2. The lowest BCUT2D eigenvalue weighted by Crippen LogP contribution is -2.56. The van der Waals surface area contributed by atoms with E-state index in [0.717, 1.165) is 32.2 Å². The van der Waals surface area contributed by atoms with Gasteiger partial charge in [0.1, 0.15) is 48.0 Å². The Labute approximate surface area is 274 Å². The number of phenols is 1. The number of aliphatic hydroxyl groups is 1. The summed E-state index contributed by atoms with van der Waals surface area (Å²) < 4.78 is 52.5. The van der Waals surface area contributed by atoms with Crippen LogP contribution < -0.4 is 9.64 Å². The highest BCUT2D eigenvalue weighted by atomic mass is 19.1. The molecule has 8 rings (SSSR count). The van der Waals surface area contributed by atoms with E-state index < -0.39 is 30.0 Å². The molecule has 0 aliphatic carbocycles. The van der Waals surface area contributed by atoms with E-state index in [1.54, 1.807) is 4.90 Å². The van der Waals surface area contributed by atoms with Crippen molar-refractivity contribution in [2.45, 2.75) is 55.9 Å². The van der Waals surface area contributed by atoms with E-state index in [-0.39, 0.29) is 64.1 Å². The van der Waals surface area contributed by atoms with Crippen LogP contribution in [-0.4, -0.2) is 104 Å². The van der Waals surface area contributed by atoms with Gasteiger partial charge in [0.15, 0.2) is 5.82 Å². The van der Waals surface area contributed by atoms with Crippen LogP contribution in [0.25, 0.3) is 32.9 Å². The molecule has 2 aromatic carbocycles. The Kier molecular flexibility index (Phi) is 7.34. The Morgan fingerprint density at radius 2 is 1.94 bits per heavy atom. The predicted molar refractivity (Wildman–Crippen MR) is 171 cm³/mol. The molecular weight excluding hydrogens is 625 g/mol. The number of halogens is 3. The molecule has 2 aromatic heterocycles. The van der Waals surface area contributed by atoms with Gasteiger partial charge in [-0.05, 0) is 55.8 Å². The molecule has 4 aliphatic heterocycles. The fraction of sp³-hybridized carbons (Fsp3) is 0.429. The van der Waals surface area contributed by atoms with Crippen molar-refractivity contribution in [1.29, 1.82) is 0 Å². The number of phenolic OH excluding ortho intramolecular Hbond substituents is 1. The maximum absolute atomic E-state index is 16.9. The van der Waals surface area contributed by atoms with Crippen molar-refractivity contribution in [3.05, 3.63) is 47.7 Å². The van der Waals surface area contributed by atoms with Crippen LogP contribution in [0.15, 0.2) is 30.5 Å². The van der Waals surface area contributed by atoms with Crippen LogP contribution in [0.4, 0.5) is 19.0 Å². The molecular formula is C35H33F3N6O4. The summed E-state index contributed by atoms with van der Waals surface area (Å²) in [5, 5.41) is 21.0. The first-order chi connectivity index (χ1) is 23.2. The van der Waals surface area contributed by atoms with Gasteiger partial charge in [0.05, 0.1) is 16.5 Å². The lowest BCUT2D eigenvalue weighted by molar-refractivity contribution is -0.135. The zero-order valence-electron chi connectivity index (χ0n) is 26.0. The van der Waals surface area contributed by atoms with Gasteiger partial charge >= 0.3 is 6.01 Å². The Hall–Kier alpha value is -4.67. The predicted octanol–water partition coefficient (Wildman–Crippen LogP) is 3.94. The molecule has 4 saturated heterocycles. The third kappa shape index (κ3) is 4.80. The zero-order chi connectivity index (χ0) is 33.3. The van der Waals surface area contributed by atoms with Gasteiger partial charge in [-0.3, -0.25) is 14.7 Å². The molecule has 2 bridgehead atoms. The second-order valence-electron chi connectivity index (χ2n) is 13.3. The van der Waals surface area contributed by atoms with Gasteiger partial charge in [0.2, 0.25) is 5.91 Å². The Balaban J connectivity index is 1.27. The summed E-state index contributed by atoms with van der Waals surface area (Å²) in [4.78, 5) is 32.0. The van der Waals surface area contributed by atoms with E-state index in [2.05, 4.69) is 25.7 Å². The number of nitrogens with zero attached hydrogens (tertiary/aromatic N) is 6. The fourth-order valence-corrected chi connectivity index (χ4v) is 8.42. The first-order valence-corrected chi connectivity index (χ1v) is 16.2. The summed E-state index contributed by atoms with van der Waals surface area (Å²) in [5.74, 6) is 0.688. The average Bonchev–Trinajstić information content (AvgIpc) is 3.69. The SMILES string of the molecule is C#Cc1c(F)ccc2cc(O)cc(-c3ncc4c(N5C6CCC5CN(C(=O)CO)C6)nc(OC[C@@]56CCCN5C[C@H](F)C6)nc4c3F)c12. The summed E-state index contributed by atoms with van der Waals surface area (Å²) in [6.07, 6.45) is 9.68. The molecule has 248 valence electrons. The molecule has 2 N–H and O–H groups in total. The largest absolute Gasteiger partial charge is 0.508 e. The number of fused-ring (bicyclic) bond motifs is 5. The highest BCUT2D eigenvalue weighted by Crippen LogP contribution is 2.43. The maximum atomic E-state index is 16.9. The number of alkyl halides is 1. The summed E-state index contributed by atoms with van der Waals surface area (Å²) in [6.45, 7) is 1.38. The number of terminal acetylenes is 1. The highest BCUT2D eigenvalue weighted by molar-refractivity contribution is 6.03. The lowest BCUT2D eigenvalue weighted by atomic mass is 9.95. The van der Waals surface area contributed by atoms with Crippen LogP contribution in [0.2, 0.25) is 0 Å². The van der Waals surface area contributed by atoms with E-state index in [1.165, 1.54) is 30.5 Å². The molecule has 13 heteroatoms. The molecule has 0 radical (unpaired) electrons. The van der Waals surface area contributed by atoms with Crippen molar-refractivity contribution in [2.75, 3.05) is 44.3 Å². The quantitative estimate of drug-likeness (QED) is 0.298. The number of anilines is 1. The number of ether oxygens (including phenoxy) is 1. The van der Waals surface area contributed by atoms with Crippen LogP contribution in [-0.2, 0) is 4.79 Å². The van der Waals surface area contributed by atoms with E-state index >= 15 is 4.39 Å². The minimum Gasteiger partial charge on any atom is -0.508 e. The van der Waals surface area contributed by atoms with Crippen molar-refractivity contribution >= 4 is 33.4 Å². The van der Waals surface area contributed by atoms with Gasteiger partial charge in [-0.25, -0.2) is 13.2 Å². The minimum absolute atomic E-state index is 0.0820. The average molecular weight is 659 g/mol. The molecule has 2 unspecified atom stereocenters. The minimum atomic E-state index is -0.962. The lowest BCUT2D eigenvalue weighted by Gasteiger charge is -2.42. The topological polar surface area (TPSA) is 115 Å². The van der Waals surface area contributed by atoms with E-state index in [9.17, 15) is 23.8 Å². The third-order valence-electron chi connectivity index (χ3n) is 10.5. The second kappa shape index (κ2) is 11.5. The molecule has 4 fully saturated rings. The van der Waals surface area contributed by atoms with Crippen molar-refractivity contribution in [1.82, 2.24) is 24.8 Å². The molecule has 10 nitrogen and oxygen atoms in total. The van der Waals surface area contributed by atoms with E-state index in [1.807, 2.05) is 0 Å². The Morgan fingerprint density at radius 1 is 1.15 bits per heavy atom. The normalized spacial score (nSPS) is 25.2. The van der Waals surface area contributed by atoms with Gasteiger partial charge < -0.3 is 24.7 Å². The number of hydrogen-bond donors (Lipinski definition) is 2. The molecule has 4 aromatic rings. The summed E-state index contributed by atoms with van der Waals surface area (Å²) in [5.41, 5.74) is -0.786. The molecule has 4 aliphatic rings.